The second kappa shape index (κ2) is 3.53. The number of aromatic amines is 1. The Morgan fingerprint density at radius 2 is 2.38 bits per heavy atom. The molecule has 70 valence electrons. The number of H-pyrrole nitrogens is 1. The van der Waals surface area contributed by atoms with E-state index < -0.39 is 11.6 Å². The predicted octanol–water partition coefficient (Wildman–Crippen LogP) is -0.300. The molecule has 1 amide bonds. The molecule has 0 bridgehead atoms. The van der Waals surface area contributed by atoms with Crippen molar-refractivity contribution in [2.75, 3.05) is 0 Å². The van der Waals surface area contributed by atoms with Crippen LogP contribution in [0, 0.1) is 11.6 Å². The van der Waals surface area contributed by atoms with E-state index in [0.29, 0.717) is 4.64 Å². The highest BCUT2D eigenvalue weighted by Crippen LogP contribution is 1.93. The summed E-state index contributed by atoms with van der Waals surface area (Å²) >= 11 is 4.83. The lowest BCUT2D eigenvalue weighted by atomic mass is 10.4. The standard InChI is InChI=1S/C7H9N3O2S/c1-4-2-10(3-5(8)11)7(12)9-6(4)13/h2H,3H2,1H3,(H2,8,11)(H,9,12,13). The SMILES string of the molecule is Cc1cn(CC(N)=O)c(=O)[nH]c1=S. The van der Waals surface area contributed by atoms with Crippen LogP contribution in [0.5, 0.6) is 0 Å². The molecule has 0 unspecified atom stereocenters. The molecule has 1 aromatic rings. The van der Waals surface area contributed by atoms with Gasteiger partial charge in [-0.1, -0.05) is 12.2 Å². The molecule has 0 saturated carbocycles. The van der Waals surface area contributed by atoms with E-state index in [0.717, 1.165) is 5.56 Å². The Labute approximate surface area is 79.2 Å². The summed E-state index contributed by atoms with van der Waals surface area (Å²) in [6, 6.07) is 0. The number of nitrogens with two attached hydrogens (primary N) is 1. The summed E-state index contributed by atoms with van der Waals surface area (Å²) in [5.41, 5.74) is 5.25. The van der Waals surface area contributed by atoms with Crippen LogP contribution in [0.25, 0.3) is 0 Å². The van der Waals surface area contributed by atoms with Crippen LogP contribution in [0.1, 0.15) is 5.56 Å². The first kappa shape index (κ1) is 9.66. The number of hydrogen-bond acceptors (Lipinski definition) is 3. The molecule has 0 aliphatic rings. The number of carbonyl (C=O) groups excluding carboxylic acids is 1. The quantitative estimate of drug-likeness (QED) is 0.642. The maximum absolute atomic E-state index is 11.2. The lowest BCUT2D eigenvalue weighted by Gasteiger charge is -2.02. The van der Waals surface area contributed by atoms with Crippen LogP contribution in [-0.2, 0) is 11.3 Å². The van der Waals surface area contributed by atoms with E-state index in [-0.39, 0.29) is 6.54 Å². The van der Waals surface area contributed by atoms with E-state index in [1.165, 1.54) is 10.8 Å². The normalized spacial score (nSPS) is 9.92. The van der Waals surface area contributed by atoms with Crippen molar-refractivity contribution >= 4 is 18.1 Å². The maximum atomic E-state index is 11.2. The Bertz CT molecular complexity index is 446. The first-order chi connectivity index (χ1) is 6.00. The van der Waals surface area contributed by atoms with Crippen LogP contribution in [0.3, 0.4) is 0 Å². The third-order valence-electron chi connectivity index (χ3n) is 1.52. The molecule has 0 aliphatic heterocycles. The van der Waals surface area contributed by atoms with E-state index in [4.69, 9.17) is 18.0 Å². The van der Waals surface area contributed by atoms with Gasteiger partial charge in [0.2, 0.25) is 5.91 Å². The van der Waals surface area contributed by atoms with Crippen molar-refractivity contribution in [1.29, 1.82) is 0 Å². The third kappa shape index (κ3) is 2.25. The summed E-state index contributed by atoms with van der Waals surface area (Å²) in [7, 11) is 0. The van der Waals surface area contributed by atoms with Gasteiger partial charge in [0.1, 0.15) is 11.2 Å². The molecule has 5 nitrogen and oxygen atoms in total. The van der Waals surface area contributed by atoms with Gasteiger partial charge in [-0.15, -0.1) is 0 Å². The van der Waals surface area contributed by atoms with E-state index in [2.05, 4.69) is 4.98 Å². The molecule has 13 heavy (non-hydrogen) atoms. The average molecular weight is 199 g/mol. The number of primary amides is 1. The van der Waals surface area contributed by atoms with Gasteiger partial charge in [-0.25, -0.2) is 4.79 Å². The van der Waals surface area contributed by atoms with Crippen LogP contribution in [0.4, 0.5) is 0 Å². The van der Waals surface area contributed by atoms with Crippen molar-refractivity contribution in [3.63, 3.8) is 0 Å². The molecular weight excluding hydrogens is 190 g/mol. The lowest BCUT2D eigenvalue weighted by Crippen LogP contribution is -2.29. The Kier molecular flexibility index (Phi) is 2.62. The fourth-order valence-electron chi connectivity index (χ4n) is 0.904. The molecule has 1 rings (SSSR count). The molecular formula is C7H9N3O2S. The smallest absolute Gasteiger partial charge is 0.326 e. The number of amides is 1. The highest BCUT2D eigenvalue weighted by molar-refractivity contribution is 7.71. The first-order valence-corrected chi connectivity index (χ1v) is 4.00. The second-order valence-electron chi connectivity index (χ2n) is 2.67. The minimum absolute atomic E-state index is 0.133. The van der Waals surface area contributed by atoms with Gasteiger partial charge in [-0.3, -0.25) is 14.3 Å². The van der Waals surface area contributed by atoms with Crippen molar-refractivity contribution < 1.29 is 4.79 Å². The molecule has 0 atom stereocenters. The Hall–Kier alpha value is -1.43. The van der Waals surface area contributed by atoms with Crippen molar-refractivity contribution in [2.45, 2.75) is 13.5 Å². The van der Waals surface area contributed by atoms with Crippen LogP contribution in [0.2, 0.25) is 0 Å². The summed E-state index contributed by atoms with van der Waals surface area (Å²) in [6.45, 7) is 1.61. The van der Waals surface area contributed by atoms with Gasteiger partial charge in [-0.2, -0.15) is 0 Å². The van der Waals surface area contributed by atoms with Gasteiger partial charge in [0.25, 0.3) is 0 Å². The number of nitrogens with one attached hydrogen (secondary N) is 1. The number of aryl methyl sites for hydroxylation is 1. The summed E-state index contributed by atoms with van der Waals surface area (Å²) in [5, 5.41) is 0. The summed E-state index contributed by atoms with van der Waals surface area (Å²) in [6.07, 6.45) is 1.51. The fraction of sp³-hybridized carbons (Fsp3) is 0.286. The maximum Gasteiger partial charge on any atom is 0.326 e. The van der Waals surface area contributed by atoms with Crippen LogP contribution in [-0.4, -0.2) is 15.5 Å². The summed E-state index contributed by atoms with van der Waals surface area (Å²) in [4.78, 5) is 24.1. The van der Waals surface area contributed by atoms with Crippen molar-refractivity contribution in [1.82, 2.24) is 9.55 Å². The molecule has 0 aromatic carbocycles. The minimum Gasteiger partial charge on any atom is -0.368 e. The molecule has 0 spiro atoms. The first-order valence-electron chi connectivity index (χ1n) is 3.59. The zero-order valence-electron chi connectivity index (χ0n) is 7.03. The van der Waals surface area contributed by atoms with E-state index in [1.54, 1.807) is 6.92 Å². The van der Waals surface area contributed by atoms with Gasteiger partial charge in [0.15, 0.2) is 0 Å². The Morgan fingerprint density at radius 1 is 1.77 bits per heavy atom. The number of aromatic nitrogens is 2. The van der Waals surface area contributed by atoms with Gasteiger partial charge >= 0.3 is 5.69 Å². The molecule has 6 heteroatoms. The second-order valence-corrected chi connectivity index (χ2v) is 3.07. The number of hydrogen-bond donors (Lipinski definition) is 2. The topological polar surface area (TPSA) is 80.9 Å². The highest BCUT2D eigenvalue weighted by Gasteiger charge is 2.00. The fourth-order valence-corrected chi connectivity index (χ4v) is 1.04. The molecule has 1 aromatic heterocycles. The molecule has 0 saturated heterocycles. The van der Waals surface area contributed by atoms with Crippen LogP contribution in [0.15, 0.2) is 11.0 Å². The van der Waals surface area contributed by atoms with Gasteiger partial charge in [0.05, 0.1) is 0 Å². The number of carbonyl (C=O) groups is 1. The van der Waals surface area contributed by atoms with Crippen LogP contribution < -0.4 is 11.4 Å². The molecule has 1 heterocycles. The molecule has 3 N–H and O–H groups in total. The monoisotopic (exact) mass is 199 g/mol. The van der Waals surface area contributed by atoms with E-state index in [1.807, 2.05) is 0 Å². The largest absolute Gasteiger partial charge is 0.368 e. The number of nitrogens with zero attached hydrogens (tertiary/aromatic N) is 1. The van der Waals surface area contributed by atoms with Crippen molar-refractivity contribution in [3.05, 3.63) is 26.9 Å². The van der Waals surface area contributed by atoms with Crippen molar-refractivity contribution in [3.8, 4) is 0 Å². The Balaban J connectivity index is 3.24. The zero-order valence-corrected chi connectivity index (χ0v) is 7.85. The molecule has 0 fully saturated rings. The van der Waals surface area contributed by atoms with Gasteiger partial charge in [0, 0.05) is 11.8 Å². The van der Waals surface area contributed by atoms with E-state index >= 15 is 0 Å². The third-order valence-corrected chi connectivity index (χ3v) is 1.94. The van der Waals surface area contributed by atoms with Crippen molar-refractivity contribution in [2.24, 2.45) is 5.73 Å². The van der Waals surface area contributed by atoms with Crippen LogP contribution >= 0.6 is 12.2 Å². The van der Waals surface area contributed by atoms with E-state index in [9.17, 15) is 9.59 Å². The Morgan fingerprint density at radius 3 is 2.92 bits per heavy atom. The summed E-state index contributed by atoms with van der Waals surface area (Å²) in [5.74, 6) is -0.563. The van der Waals surface area contributed by atoms with Gasteiger partial charge in [-0.05, 0) is 6.92 Å². The zero-order chi connectivity index (χ0) is 10.0. The minimum atomic E-state index is -0.563. The predicted molar refractivity (Wildman–Crippen MR) is 49.8 cm³/mol. The lowest BCUT2D eigenvalue weighted by molar-refractivity contribution is -0.118. The molecule has 0 radical (unpaired) electrons. The number of rotatable bonds is 2. The highest BCUT2D eigenvalue weighted by atomic mass is 32.1. The van der Waals surface area contributed by atoms with Gasteiger partial charge < -0.3 is 5.73 Å². The summed E-state index contributed by atoms with van der Waals surface area (Å²) < 4.78 is 1.57. The molecule has 0 aliphatic carbocycles. The average Bonchev–Trinajstić information content (AvgIpc) is 1.99.